The van der Waals surface area contributed by atoms with Gasteiger partial charge in [-0.2, -0.15) is 0 Å². The highest BCUT2D eigenvalue weighted by atomic mass is 79.9. The molecule has 0 spiro atoms. The van der Waals surface area contributed by atoms with Crippen molar-refractivity contribution < 1.29 is 9.90 Å². The first-order valence-electron chi connectivity index (χ1n) is 6.27. The van der Waals surface area contributed by atoms with Crippen molar-refractivity contribution in [1.29, 1.82) is 0 Å². The normalized spacial score (nSPS) is 15.2. The van der Waals surface area contributed by atoms with Crippen molar-refractivity contribution in [2.45, 2.75) is 31.7 Å². The van der Waals surface area contributed by atoms with Gasteiger partial charge in [0.15, 0.2) is 0 Å². The van der Waals surface area contributed by atoms with Crippen molar-refractivity contribution in [3.8, 4) is 0 Å². The summed E-state index contributed by atoms with van der Waals surface area (Å²) in [4.78, 5) is 18.5. The van der Waals surface area contributed by atoms with Crippen LogP contribution in [-0.4, -0.2) is 40.1 Å². The van der Waals surface area contributed by atoms with Crippen molar-refractivity contribution >= 4 is 21.8 Å². The van der Waals surface area contributed by atoms with Crippen molar-refractivity contribution in [1.82, 2.24) is 9.88 Å². The number of carbonyl (C=O) groups is 1. The maximum atomic E-state index is 12.4. The Labute approximate surface area is 115 Å². The third kappa shape index (κ3) is 3.09. The molecule has 1 aliphatic carbocycles. The number of rotatable bonds is 5. The van der Waals surface area contributed by atoms with Crippen LogP contribution < -0.4 is 0 Å². The highest BCUT2D eigenvalue weighted by Gasteiger charge is 2.29. The van der Waals surface area contributed by atoms with Gasteiger partial charge in [0, 0.05) is 19.2 Å². The first kappa shape index (κ1) is 13.5. The van der Waals surface area contributed by atoms with Gasteiger partial charge >= 0.3 is 0 Å². The van der Waals surface area contributed by atoms with Gasteiger partial charge in [0.25, 0.3) is 5.91 Å². The number of aromatic nitrogens is 1. The van der Waals surface area contributed by atoms with Gasteiger partial charge in [-0.25, -0.2) is 4.98 Å². The van der Waals surface area contributed by atoms with Crippen LogP contribution in [-0.2, 0) is 0 Å². The van der Waals surface area contributed by atoms with Crippen LogP contribution in [0.5, 0.6) is 0 Å². The van der Waals surface area contributed by atoms with Crippen molar-refractivity contribution in [3.05, 3.63) is 28.5 Å². The fourth-order valence-electron chi connectivity index (χ4n) is 2.06. The summed E-state index contributed by atoms with van der Waals surface area (Å²) in [5.74, 6) is -0.0329. The van der Waals surface area contributed by atoms with Crippen LogP contribution >= 0.6 is 15.9 Å². The van der Waals surface area contributed by atoms with E-state index in [4.69, 9.17) is 5.11 Å². The fraction of sp³-hybridized carbons (Fsp3) is 0.538. The van der Waals surface area contributed by atoms with Gasteiger partial charge < -0.3 is 10.0 Å². The average Bonchev–Trinajstić information content (AvgIpc) is 2.31. The molecular weight excluding hydrogens is 296 g/mol. The highest BCUT2D eigenvalue weighted by Crippen LogP contribution is 2.26. The number of nitrogens with zero attached hydrogens (tertiary/aromatic N) is 2. The standard InChI is InChI=1S/C13H17BrN2O2/c14-12-7-2-6-11(15-12)13(18)16(8-3-9-17)10-4-1-5-10/h2,6-7,10,17H,1,3-5,8-9H2. The van der Waals surface area contributed by atoms with E-state index in [1.165, 1.54) is 6.42 Å². The van der Waals surface area contributed by atoms with Gasteiger partial charge in [-0.1, -0.05) is 6.07 Å². The zero-order valence-electron chi connectivity index (χ0n) is 10.2. The monoisotopic (exact) mass is 312 g/mol. The number of amides is 1. The van der Waals surface area contributed by atoms with Crippen LogP contribution in [0, 0.1) is 0 Å². The lowest BCUT2D eigenvalue weighted by Crippen LogP contribution is -2.45. The molecule has 1 fully saturated rings. The Morgan fingerprint density at radius 1 is 1.50 bits per heavy atom. The summed E-state index contributed by atoms with van der Waals surface area (Å²) in [6.07, 6.45) is 3.92. The molecule has 1 aromatic heterocycles. The summed E-state index contributed by atoms with van der Waals surface area (Å²) >= 11 is 3.28. The second-order valence-corrected chi connectivity index (χ2v) is 5.32. The summed E-state index contributed by atoms with van der Waals surface area (Å²) in [6.45, 7) is 0.719. The predicted octanol–water partition coefficient (Wildman–Crippen LogP) is 2.22. The van der Waals surface area contributed by atoms with Gasteiger partial charge in [0.1, 0.15) is 10.3 Å². The molecule has 98 valence electrons. The number of halogens is 1. The maximum absolute atomic E-state index is 12.4. The minimum absolute atomic E-state index is 0.0329. The number of aliphatic hydroxyl groups excluding tert-OH is 1. The first-order valence-corrected chi connectivity index (χ1v) is 7.06. The van der Waals surface area contributed by atoms with Crippen molar-refractivity contribution in [2.24, 2.45) is 0 Å². The van der Waals surface area contributed by atoms with E-state index >= 15 is 0 Å². The molecule has 1 amide bonds. The van der Waals surface area contributed by atoms with E-state index < -0.39 is 0 Å². The highest BCUT2D eigenvalue weighted by molar-refractivity contribution is 9.10. The lowest BCUT2D eigenvalue weighted by atomic mass is 9.91. The van der Waals surface area contributed by atoms with Crippen molar-refractivity contribution in [3.63, 3.8) is 0 Å². The number of aliphatic hydroxyl groups is 1. The van der Waals surface area contributed by atoms with Crippen LogP contribution in [0.4, 0.5) is 0 Å². The van der Waals surface area contributed by atoms with Crippen LogP contribution in [0.2, 0.25) is 0 Å². The molecule has 1 heterocycles. The Kier molecular flexibility index (Phi) is 4.72. The molecule has 0 aliphatic heterocycles. The van der Waals surface area contributed by atoms with Crippen LogP contribution in [0.25, 0.3) is 0 Å². The summed E-state index contributed by atoms with van der Waals surface area (Å²) in [6, 6.07) is 5.68. The molecule has 0 bridgehead atoms. The molecule has 1 N–H and O–H groups in total. The molecule has 2 rings (SSSR count). The molecule has 18 heavy (non-hydrogen) atoms. The summed E-state index contributed by atoms with van der Waals surface area (Å²) < 4.78 is 0.670. The van der Waals surface area contributed by atoms with Crippen LogP contribution in [0.15, 0.2) is 22.8 Å². The topological polar surface area (TPSA) is 53.4 Å². The Morgan fingerprint density at radius 3 is 2.83 bits per heavy atom. The number of carbonyl (C=O) groups excluding carboxylic acids is 1. The Balaban J connectivity index is 2.11. The Morgan fingerprint density at radius 2 is 2.28 bits per heavy atom. The Bertz CT molecular complexity index is 421. The minimum atomic E-state index is -0.0329. The molecule has 0 atom stereocenters. The zero-order chi connectivity index (χ0) is 13.0. The smallest absolute Gasteiger partial charge is 0.272 e. The average molecular weight is 313 g/mol. The van der Waals surface area contributed by atoms with Crippen LogP contribution in [0.3, 0.4) is 0 Å². The van der Waals surface area contributed by atoms with Crippen LogP contribution in [0.1, 0.15) is 36.2 Å². The molecule has 1 saturated carbocycles. The van der Waals surface area contributed by atoms with E-state index in [9.17, 15) is 4.79 Å². The SMILES string of the molecule is O=C(c1cccc(Br)n1)N(CCCO)C1CCC1. The molecule has 0 radical (unpaired) electrons. The third-order valence-corrected chi connectivity index (χ3v) is 3.71. The molecular formula is C13H17BrN2O2. The van der Waals surface area contributed by atoms with Gasteiger partial charge in [-0.3, -0.25) is 4.79 Å². The third-order valence-electron chi connectivity index (χ3n) is 3.27. The second-order valence-electron chi connectivity index (χ2n) is 4.51. The van der Waals surface area contributed by atoms with Crippen molar-refractivity contribution in [2.75, 3.05) is 13.2 Å². The molecule has 1 aliphatic rings. The van der Waals surface area contributed by atoms with Gasteiger partial charge in [0.05, 0.1) is 0 Å². The van der Waals surface area contributed by atoms with E-state index in [1.807, 2.05) is 11.0 Å². The minimum Gasteiger partial charge on any atom is -0.396 e. The van der Waals surface area contributed by atoms with Gasteiger partial charge in [-0.05, 0) is 53.7 Å². The molecule has 5 heteroatoms. The molecule has 0 saturated heterocycles. The zero-order valence-corrected chi connectivity index (χ0v) is 11.8. The molecule has 4 nitrogen and oxygen atoms in total. The maximum Gasteiger partial charge on any atom is 0.272 e. The number of hydrogen-bond donors (Lipinski definition) is 1. The van der Waals surface area contributed by atoms with E-state index in [1.54, 1.807) is 12.1 Å². The lowest BCUT2D eigenvalue weighted by Gasteiger charge is -2.37. The summed E-state index contributed by atoms with van der Waals surface area (Å²) in [5, 5.41) is 8.92. The fourth-order valence-corrected chi connectivity index (χ4v) is 2.41. The lowest BCUT2D eigenvalue weighted by molar-refractivity contribution is 0.0556. The first-order chi connectivity index (χ1) is 8.72. The Hall–Kier alpha value is -0.940. The molecule has 0 unspecified atom stereocenters. The number of pyridine rings is 1. The van der Waals surface area contributed by atoms with E-state index in [0.29, 0.717) is 29.3 Å². The summed E-state index contributed by atoms with van der Waals surface area (Å²) in [7, 11) is 0. The second kappa shape index (κ2) is 6.29. The molecule has 1 aromatic rings. The van der Waals surface area contributed by atoms with E-state index in [-0.39, 0.29) is 12.5 Å². The number of hydrogen-bond acceptors (Lipinski definition) is 3. The largest absolute Gasteiger partial charge is 0.396 e. The van der Waals surface area contributed by atoms with Gasteiger partial charge in [-0.15, -0.1) is 0 Å². The van der Waals surface area contributed by atoms with E-state index in [2.05, 4.69) is 20.9 Å². The summed E-state index contributed by atoms with van der Waals surface area (Å²) in [5.41, 5.74) is 0.467. The predicted molar refractivity (Wildman–Crippen MR) is 72.3 cm³/mol. The molecule has 0 aromatic carbocycles. The van der Waals surface area contributed by atoms with Gasteiger partial charge in [0.2, 0.25) is 0 Å². The quantitative estimate of drug-likeness (QED) is 0.848. The van der Waals surface area contributed by atoms with E-state index in [0.717, 1.165) is 12.8 Å².